The molecule has 0 amide bonds. The van der Waals surface area contributed by atoms with Crippen molar-refractivity contribution in [3.63, 3.8) is 0 Å². The van der Waals surface area contributed by atoms with Crippen LogP contribution in [0.2, 0.25) is 0 Å². The molecule has 0 aliphatic heterocycles. The second-order valence-electron chi connectivity index (χ2n) is 4.79. The summed E-state index contributed by atoms with van der Waals surface area (Å²) in [7, 11) is 4.08. The topological polar surface area (TPSA) is 24.5 Å². The summed E-state index contributed by atoms with van der Waals surface area (Å²) in [4.78, 5) is 2.08. The van der Waals surface area contributed by atoms with E-state index >= 15 is 0 Å². The number of likely N-dealkylation sites (N-methyl/N-ethyl adjacent to an activating group) is 1. The zero-order valence-electron chi connectivity index (χ0n) is 12.2. The number of anilines is 1. The number of benzene rings is 1. The van der Waals surface area contributed by atoms with Gasteiger partial charge in [0.2, 0.25) is 0 Å². The van der Waals surface area contributed by atoms with E-state index in [1.807, 2.05) is 26.2 Å². The average Bonchev–Trinajstić information content (AvgIpc) is 2.36. The van der Waals surface area contributed by atoms with E-state index in [1.165, 1.54) is 0 Å². The molecule has 0 aliphatic carbocycles. The predicted octanol–water partition coefficient (Wildman–Crippen LogP) is 2.91. The molecule has 3 heteroatoms. The Bertz CT molecular complexity index is 352. The van der Waals surface area contributed by atoms with Crippen molar-refractivity contribution in [3.05, 3.63) is 24.3 Å². The number of nitrogens with zero attached hydrogens (tertiary/aromatic N) is 1. The van der Waals surface area contributed by atoms with Crippen molar-refractivity contribution in [1.82, 2.24) is 5.32 Å². The molecule has 102 valence electrons. The van der Waals surface area contributed by atoms with E-state index in [0.29, 0.717) is 6.04 Å². The minimum Gasteiger partial charge on any atom is -0.489 e. The second-order valence-corrected chi connectivity index (χ2v) is 4.79. The smallest absolute Gasteiger partial charge is 0.121 e. The van der Waals surface area contributed by atoms with Crippen molar-refractivity contribution in [2.24, 2.45) is 0 Å². The number of hydrogen-bond acceptors (Lipinski definition) is 3. The molecule has 2 unspecified atom stereocenters. The summed E-state index contributed by atoms with van der Waals surface area (Å²) in [5, 5.41) is 3.45. The zero-order chi connectivity index (χ0) is 13.5. The van der Waals surface area contributed by atoms with Gasteiger partial charge in [0.15, 0.2) is 0 Å². The summed E-state index contributed by atoms with van der Waals surface area (Å²) in [5.41, 5.74) is 1.16. The van der Waals surface area contributed by atoms with Crippen LogP contribution in [0.15, 0.2) is 24.3 Å². The Labute approximate surface area is 111 Å². The largest absolute Gasteiger partial charge is 0.489 e. The van der Waals surface area contributed by atoms with Crippen LogP contribution in [-0.4, -0.2) is 32.8 Å². The van der Waals surface area contributed by atoms with Crippen LogP contribution in [0.4, 0.5) is 5.69 Å². The molecule has 0 spiro atoms. The van der Waals surface area contributed by atoms with Crippen LogP contribution in [0.25, 0.3) is 0 Å². The lowest BCUT2D eigenvalue weighted by Crippen LogP contribution is -2.40. The first kappa shape index (κ1) is 14.8. The van der Waals surface area contributed by atoms with E-state index in [0.717, 1.165) is 24.4 Å². The molecule has 1 N–H and O–H groups in total. The van der Waals surface area contributed by atoms with Gasteiger partial charge in [-0.15, -0.1) is 0 Å². The first-order valence-corrected chi connectivity index (χ1v) is 6.75. The fraction of sp³-hybridized carbons (Fsp3) is 0.600. The molecule has 0 bridgehead atoms. The highest BCUT2D eigenvalue weighted by molar-refractivity contribution is 5.49. The van der Waals surface area contributed by atoms with Crippen molar-refractivity contribution in [1.29, 1.82) is 0 Å². The Morgan fingerprint density at radius 1 is 1.28 bits per heavy atom. The van der Waals surface area contributed by atoms with Crippen molar-refractivity contribution in [3.8, 4) is 5.75 Å². The third-order valence-corrected chi connectivity index (χ3v) is 3.13. The van der Waals surface area contributed by atoms with E-state index in [-0.39, 0.29) is 6.10 Å². The molecule has 2 atom stereocenters. The number of rotatable bonds is 7. The van der Waals surface area contributed by atoms with E-state index < -0.39 is 0 Å². The van der Waals surface area contributed by atoms with Gasteiger partial charge in [0.25, 0.3) is 0 Å². The minimum atomic E-state index is 0.173. The highest BCUT2D eigenvalue weighted by Gasteiger charge is 2.15. The standard InChI is InChI=1S/C15H26N2O/c1-6-15(16-7-2)12(3)18-14-10-8-9-13(11-14)17(4)5/h8-12,15-16H,6-7H2,1-5H3. The Balaban J connectivity index is 2.68. The van der Waals surface area contributed by atoms with E-state index in [2.05, 4.69) is 43.1 Å². The summed E-state index contributed by atoms with van der Waals surface area (Å²) in [6, 6.07) is 8.61. The first-order valence-electron chi connectivity index (χ1n) is 6.75. The monoisotopic (exact) mass is 250 g/mol. The van der Waals surface area contributed by atoms with Crippen molar-refractivity contribution >= 4 is 5.69 Å². The van der Waals surface area contributed by atoms with Gasteiger partial charge in [-0.3, -0.25) is 0 Å². The summed E-state index contributed by atoms with van der Waals surface area (Å²) in [6.07, 6.45) is 1.25. The Morgan fingerprint density at radius 3 is 2.56 bits per heavy atom. The third-order valence-electron chi connectivity index (χ3n) is 3.13. The molecule has 0 aliphatic rings. The molecule has 1 aromatic carbocycles. The SMILES string of the molecule is CCNC(CC)C(C)Oc1cccc(N(C)C)c1. The van der Waals surface area contributed by atoms with Gasteiger partial charge < -0.3 is 15.0 Å². The fourth-order valence-corrected chi connectivity index (χ4v) is 2.04. The third kappa shape index (κ3) is 4.22. The maximum Gasteiger partial charge on any atom is 0.121 e. The summed E-state index contributed by atoms with van der Waals surface area (Å²) < 4.78 is 6.02. The van der Waals surface area contributed by atoms with Crippen LogP contribution in [-0.2, 0) is 0 Å². The van der Waals surface area contributed by atoms with Crippen molar-refractivity contribution in [2.45, 2.75) is 39.3 Å². The number of ether oxygens (including phenoxy) is 1. The second kappa shape index (κ2) is 7.27. The van der Waals surface area contributed by atoms with E-state index in [1.54, 1.807) is 0 Å². The molecule has 0 fully saturated rings. The van der Waals surface area contributed by atoms with Gasteiger partial charge in [-0.1, -0.05) is 19.9 Å². The molecule has 0 saturated heterocycles. The maximum absolute atomic E-state index is 6.02. The molecule has 1 aromatic rings. The zero-order valence-corrected chi connectivity index (χ0v) is 12.2. The van der Waals surface area contributed by atoms with Gasteiger partial charge in [-0.2, -0.15) is 0 Å². The normalized spacial score (nSPS) is 14.1. The van der Waals surface area contributed by atoms with E-state index in [4.69, 9.17) is 4.74 Å². The van der Waals surface area contributed by atoms with Gasteiger partial charge >= 0.3 is 0 Å². The van der Waals surface area contributed by atoms with E-state index in [9.17, 15) is 0 Å². The van der Waals surface area contributed by atoms with Crippen LogP contribution in [0.5, 0.6) is 5.75 Å². The molecule has 18 heavy (non-hydrogen) atoms. The molecule has 3 nitrogen and oxygen atoms in total. The number of hydrogen-bond donors (Lipinski definition) is 1. The van der Waals surface area contributed by atoms with Gasteiger partial charge in [0.1, 0.15) is 11.9 Å². The highest BCUT2D eigenvalue weighted by atomic mass is 16.5. The number of nitrogens with one attached hydrogen (secondary N) is 1. The Hall–Kier alpha value is -1.22. The molecular weight excluding hydrogens is 224 g/mol. The summed E-state index contributed by atoms with van der Waals surface area (Å²) in [6.45, 7) is 7.41. The van der Waals surface area contributed by atoms with Gasteiger partial charge in [-0.05, 0) is 32.0 Å². The summed E-state index contributed by atoms with van der Waals surface area (Å²) >= 11 is 0. The molecule has 0 saturated carbocycles. The first-order chi connectivity index (χ1) is 8.58. The van der Waals surface area contributed by atoms with Crippen LogP contribution in [0, 0.1) is 0 Å². The Kier molecular flexibility index (Phi) is 5.99. The maximum atomic E-state index is 6.02. The van der Waals surface area contributed by atoms with Crippen LogP contribution in [0.1, 0.15) is 27.2 Å². The van der Waals surface area contributed by atoms with Crippen molar-refractivity contribution < 1.29 is 4.74 Å². The lowest BCUT2D eigenvalue weighted by molar-refractivity contribution is 0.168. The summed E-state index contributed by atoms with van der Waals surface area (Å²) in [5.74, 6) is 0.935. The Morgan fingerprint density at radius 2 is 2.00 bits per heavy atom. The van der Waals surface area contributed by atoms with Gasteiger partial charge in [-0.25, -0.2) is 0 Å². The molecular formula is C15H26N2O. The van der Waals surface area contributed by atoms with Crippen molar-refractivity contribution in [2.75, 3.05) is 25.5 Å². The predicted molar refractivity (Wildman–Crippen MR) is 78.6 cm³/mol. The molecule has 0 radical (unpaired) electrons. The average molecular weight is 250 g/mol. The lowest BCUT2D eigenvalue weighted by atomic mass is 10.1. The molecule has 1 rings (SSSR count). The van der Waals surface area contributed by atoms with Crippen LogP contribution >= 0.6 is 0 Å². The van der Waals surface area contributed by atoms with Crippen LogP contribution in [0.3, 0.4) is 0 Å². The lowest BCUT2D eigenvalue weighted by Gasteiger charge is -2.25. The van der Waals surface area contributed by atoms with Gasteiger partial charge in [0, 0.05) is 31.9 Å². The minimum absolute atomic E-state index is 0.173. The van der Waals surface area contributed by atoms with Gasteiger partial charge in [0.05, 0.1) is 0 Å². The molecule has 0 heterocycles. The van der Waals surface area contributed by atoms with Crippen LogP contribution < -0.4 is 15.0 Å². The highest BCUT2D eigenvalue weighted by Crippen LogP contribution is 2.21. The molecule has 0 aromatic heterocycles. The fourth-order valence-electron chi connectivity index (χ4n) is 2.04. The quantitative estimate of drug-likeness (QED) is 0.805.